The van der Waals surface area contributed by atoms with Gasteiger partial charge in [-0.05, 0) is 25.0 Å². The van der Waals surface area contributed by atoms with Crippen LogP contribution in [0.4, 0.5) is 0 Å². The van der Waals surface area contributed by atoms with Crippen molar-refractivity contribution >= 4 is 11.8 Å². The first-order valence-corrected chi connectivity index (χ1v) is 5.39. The smallest absolute Gasteiger partial charge is 0.357 e. The van der Waals surface area contributed by atoms with Crippen LogP contribution >= 0.6 is 0 Å². The van der Waals surface area contributed by atoms with Gasteiger partial charge in [-0.25, -0.2) is 9.78 Å². The lowest BCUT2D eigenvalue weighted by Gasteiger charge is -2.20. The van der Waals surface area contributed by atoms with Crippen LogP contribution in [0.3, 0.4) is 0 Å². The Morgan fingerprint density at radius 1 is 1.31 bits per heavy atom. The van der Waals surface area contributed by atoms with Crippen molar-refractivity contribution in [2.45, 2.75) is 31.8 Å². The van der Waals surface area contributed by atoms with Crippen LogP contribution in [0.5, 0.6) is 0 Å². The molecule has 0 saturated heterocycles. The van der Waals surface area contributed by atoms with Crippen molar-refractivity contribution in [1.82, 2.24) is 4.98 Å². The normalized spacial score (nSPS) is 17.1. The largest absolute Gasteiger partial charge is 0.458 e. The SMILES string of the molecule is O=C1CCC(OC(=O)c2ccccn2)CC1. The first-order chi connectivity index (χ1) is 7.75. The van der Waals surface area contributed by atoms with E-state index in [2.05, 4.69) is 4.98 Å². The zero-order chi connectivity index (χ0) is 11.4. The Kier molecular flexibility index (Phi) is 3.29. The van der Waals surface area contributed by atoms with Crippen molar-refractivity contribution in [3.63, 3.8) is 0 Å². The molecule has 16 heavy (non-hydrogen) atoms. The molecule has 0 bridgehead atoms. The summed E-state index contributed by atoms with van der Waals surface area (Å²) in [5.41, 5.74) is 0.319. The summed E-state index contributed by atoms with van der Waals surface area (Å²) in [6.07, 6.45) is 3.73. The summed E-state index contributed by atoms with van der Waals surface area (Å²) in [7, 11) is 0. The van der Waals surface area contributed by atoms with Crippen molar-refractivity contribution < 1.29 is 14.3 Å². The lowest BCUT2D eigenvalue weighted by atomic mass is 9.96. The Morgan fingerprint density at radius 2 is 2.06 bits per heavy atom. The molecule has 4 nitrogen and oxygen atoms in total. The minimum Gasteiger partial charge on any atom is -0.458 e. The molecule has 0 aromatic carbocycles. The van der Waals surface area contributed by atoms with Crippen LogP contribution in [0.15, 0.2) is 24.4 Å². The van der Waals surface area contributed by atoms with Gasteiger partial charge in [0.1, 0.15) is 17.6 Å². The Morgan fingerprint density at radius 3 is 2.69 bits per heavy atom. The summed E-state index contributed by atoms with van der Waals surface area (Å²) >= 11 is 0. The molecule has 1 heterocycles. The molecule has 1 aliphatic rings. The molecule has 0 radical (unpaired) electrons. The Balaban J connectivity index is 1.91. The van der Waals surface area contributed by atoms with Crippen molar-refractivity contribution in [2.75, 3.05) is 0 Å². The molecule has 0 spiro atoms. The average molecular weight is 219 g/mol. The predicted octanol–water partition coefficient (Wildman–Crippen LogP) is 1.75. The van der Waals surface area contributed by atoms with Crippen LogP contribution < -0.4 is 0 Å². The number of hydrogen-bond acceptors (Lipinski definition) is 4. The number of carbonyl (C=O) groups is 2. The molecule has 1 aromatic heterocycles. The third-order valence-corrected chi connectivity index (χ3v) is 2.64. The van der Waals surface area contributed by atoms with Crippen molar-refractivity contribution in [1.29, 1.82) is 0 Å². The zero-order valence-electron chi connectivity index (χ0n) is 8.89. The average Bonchev–Trinajstić information content (AvgIpc) is 2.33. The van der Waals surface area contributed by atoms with E-state index in [0.717, 1.165) is 0 Å². The third-order valence-electron chi connectivity index (χ3n) is 2.64. The lowest BCUT2D eigenvalue weighted by molar-refractivity contribution is -0.122. The molecule has 0 aliphatic heterocycles. The summed E-state index contributed by atoms with van der Waals surface area (Å²) < 4.78 is 5.27. The van der Waals surface area contributed by atoms with Crippen molar-refractivity contribution in [2.24, 2.45) is 0 Å². The van der Waals surface area contributed by atoms with Gasteiger partial charge >= 0.3 is 5.97 Å². The van der Waals surface area contributed by atoms with E-state index in [-0.39, 0.29) is 11.9 Å². The molecule has 1 saturated carbocycles. The van der Waals surface area contributed by atoms with Gasteiger partial charge in [-0.15, -0.1) is 0 Å². The first-order valence-electron chi connectivity index (χ1n) is 5.39. The fourth-order valence-electron chi connectivity index (χ4n) is 1.73. The highest BCUT2D eigenvalue weighted by atomic mass is 16.5. The minimum atomic E-state index is -0.403. The van der Waals surface area contributed by atoms with Gasteiger partial charge in [0.05, 0.1) is 0 Å². The van der Waals surface area contributed by atoms with E-state index in [1.807, 2.05) is 0 Å². The van der Waals surface area contributed by atoms with E-state index in [1.54, 1.807) is 24.4 Å². The van der Waals surface area contributed by atoms with Crippen molar-refractivity contribution in [3.05, 3.63) is 30.1 Å². The third kappa shape index (κ3) is 2.66. The van der Waals surface area contributed by atoms with E-state index in [9.17, 15) is 9.59 Å². The molecule has 1 fully saturated rings. The Labute approximate surface area is 93.6 Å². The monoisotopic (exact) mass is 219 g/mol. The van der Waals surface area contributed by atoms with E-state index in [1.165, 1.54) is 0 Å². The number of esters is 1. The summed E-state index contributed by atoms with van der Waals surface area (Å²) in [5.74, 6) is -0.148. The van der Waals surface area contributed by atoms with Crippen LogP contribution in [0.1, 0.15) is 36.2 Å². The molecule has 1 aromatic rings. The van der Waals surface area contributed by atoms with Gasteiger partial charge in [0.2, 0.25) is 0 Å². The number of Topliss-reactive ketones (excluding diaryl/α,β-unsaturated/α-hetero) is 1. The van der Waals surface area contributed by atoms with Crippen LogP contribution in [0, 0.1) is 0 Å². The van der Waals surface area contributed by atoms with E-state index in [0.29, 0.717) is 31.4 Å². The number of nitrogens with zero attached hydrogens (tertiary/aromatic N) is 1. The molecule has 0 amide bonds. The summed E-state index contributed by atoms with van der Waals surface area (Å²) in [6, 6.07) is 5.11. The number of rotatable bonds is 2. The molecule has 1 aliphatic carbocycles. The number of hydrogen-bond donors (Lipinski definition) is 0. The summed E-state index contributed by atoms with van der Waals surface area (Å²) in [4.78, 5) is 26.6. The van der Waals surface area contributed by atoms with E-state index < -0.39 is 5.97 Å². The summed E-state index contributed by atoms with van der Waals surface area (Å²) in [6.45, 7) is 0. The topological polar surface area (TPSA) is 56.3 Å². The van der Waals surface area contributed by atoms with Gasteiger partial charge in [-0.3, -0.25) is 4.79 Å². The lowest BCUT2D eigenvalue weighted by Crippen LogP contribution is -2.24. The van der Waals surface area contributed by atoms with Gasteiger partial charge in [0.15, 0.2) is 0 Å². The van der Waals surface area contributed by atoms with Crippen LogP contribution in [-0.2, 0) is 9.53 Å². The number of ketones is 1. The molecule has 0 atom stereocenters. The highest BCUT2D eigenvalue weighted by Gasteiger charge is 2.22. The highest BCUT2D eigenvalue weighted by molar-refractivity contribution is 5.87. The number of aromatic nitrogens is 1. The molecular weight excluding hydrogens is 206 g/mol. The van der Waals surface area contributed by atoms with Crippen LogP contribution in [-0.4, -0.2) is 22.8 Å². The maximum Gasteiger partial charge on any atom is 0.357 e. The maximum absolute atomic E-state index is 11.6. The quantitative estimate of drug-likeness (QED) is 0.711. The first kappa shape index (κ1) is 10.8. The van der Waals surface area contributed by atoms with Crippen molar-refractivity contribution in [3.8, 4) is 0 Å². The molecule has 0 unspecified atom stereocenters. The zero-order valence-corrected chi connectivity index (χ0v) is 8.89. The predicted molar refractivity (Wildman–Crippen MR) is 56.9 cm³/mol. The molecular formula is C12H13NO3. The second-order valence-corrected chi connectivity index (χ2v) is 3.86. The number of ether oxygens (including phenoxy) is 1. The van der Waals surface area contributed by atoms with E-state index in [4.69, 9.17) is 4.74 Å². The summed E-state index contributed by atoms with van der Waals surface area (Å²) in [5, 5.41) is 0. The van der Waals surface area contributed by atoms with Gasteiger partial charge in [-0.2, -0.15) is 0 Å². The molecule has 0 N–H and O–H groups in total. The molecule has 4 heteroatoms. The number of carbonyl (C=O) groups excluding carboxylic acids is 2. The maximum atomic E-state index is 11.6. The fourth-order valence-corrected chi connectivity index (χ4v) is 1.73. The highest BCUT2D eigenvalue weighted by Crippen LogP contribution is 2.18. The molecule has 2 rings (SSSR count). The Hall–Kier alpha value is -1.71. The molecule has 84 valence electrons. The van der Waals surface area contributed by atoms with Gasteiger partial charge < -0.3 is 4.74 Å². The standard InChI is InChI=1S/C12H13NO3/c14-9-4-6-10(7-5-9)16-12(15)11-3-1-2-8-13-11/h1-3,8,10H,4-7H2. The minimum absolute atomic E-state index is 0.132. The number of pyridine rings is 1. The second kappa shape index (κ2) is 4.88. The van der Waals surface area contributed by atoms with Crippen LogP contribution in [0.25, 0.3) is 0 Å². The Bertz CT molecular complexity index is 379. The fraction of sp³-hybridized carbons (Fsp3) is 0.417. The van der Waals surface area contributed by atoms with Gasteiger partial charge in [0, 0.05) is 19.0 Å². The van der Waals surface area contributed by atoms with Crippen LogP contribution in [0.2, 0.25) is 0 Å². The van der Waals surface area contributed by atoms with Gasteiger partial charge in [-0.1, -0.05) is 6.07 Å². The van der Waals surface area contributed by atoms with Gasteiger partial charge in [0.25, 0.3) is 0 Å². The second-order valence-electron chi connectivity index (χ2n) is 3.86. The van der Waals surface area contributed by atoms with E-state index >= 15 is 0 Å².